The van der Waals surface area contributed by atoms with E-state index in [1.54, 1.807) is 13.8 Å². The van der Waals surface area contributed by atoms with Crippen LogP contribution in [-0.2, 0) is 25.6 Å². The van der Waals surface area contributed by atoms with Crippen LogP contribution < -0.4 is 4.74 Å². The Morgan fingerprint density at radius 1 is 1.30 bits per heavy atom. The Morgan fingerprint density at radius 3 is 2.63 bits per heavy atom. The number of aromatic nitrogens is 2. The molecular formula is C18H20F3N3O3. The van der Waals surface area contributed by atoms with Crippen LogP contribution in [0.3, 0.4) is 0 Å². The molecule has 1 aliphatic carbocycles. The highest BCUT2D eigenvalue weighted by molar-refractivity contribution is 5.44. The predicted molar refractivity (Wildman–Crippen MR) is 91.8 cm³/mol. The Labute approximate surface area is 154 Å². The minimum Gasteiger partial charge on any atom is -0.491 e. The van der Waals surface area contributed by atoms with Gasteiger partial charge in [0.15, 0.2) is 0 Å². The van der Waals surface area contributed by atoms with Gasteiger partial charge in [-0.15, -0.1) is 0 Å². The van der Waals surface area contributed by atoms with Crippen LogP contribution in [0.5, 0.6) is 5.75 Å². The number of ether oxygens (including phenoxy) is 1. The summed E-state index contributed by atoms with van der Waals surface area (Å²) in [5.74, 6) is -0.626. The SMILES string of the molecule is CC(C)Oc1ccc([N+](=O)[O-])cc1Cn1c(C(F)(F)F)nc2c1CCCC2. The van der Waals surface area contributed by atoms with Crippen molar-refractivity contribution in [3.63, 3.8) is 0 Å². The smallest absolute Gasteiger partial charge is 0.449 e. The first-order valence-electron chi connectivity index (χ1n) is 8.76. The molecule has 0 unspecified atom stereocenters. The molecule has 0 N–H and O–H groups in total. The third-order valence-electron chi connectivity index (χ3n) is 4.43. The van der Waals surface area contributed by atoms with Crippen LogP contribution >= 0.6 is 0 Å². The lowest BCUT2D eigenvalue weighted by Crippen LogP contribution is -2.18. The van der Waals surface area contributed by atoms with Crippen molar-refractivity contribution in [1.82, 2.24) is 9.55 Å². The van der Waals surface area contributed by atoms with Gasteiger partial charge in [0.2, 0.25) is 5.82 Å². The third kappa shape index (κ3) is 4.06. The number of fused-ring (bicyclic) bond motifs is 1. The predicted octanol–water partition coefficient (Wildman–Crippen LogP) is 4.52. The number of nitrogens with zero attached hydrogens (tertiary/aromatic N) is 3. The molecule has 0 atom stereocenters. The summed E-state index contributed by atoms with van der Waals surface area (Å²) in [7, 11) is 0. The molecule has 1 aromatic carbocycles. The van der Waals surface area contributed by atoms with Crippen molar-refractivity contribution in [3.8, 4) is 5.75 Å². The molecule has 2 aromatic rings. The molecule has 0 saturated heterocycles. The number of alkyl halides is 3. The molecule has 3 rings (SSSR count). The average molecular weight is 383 g/mol. The first-order chi connectivity index (χ1) is 12.7. The van der Waals surface area contributed by atoms with E-state index in [0.29, 0.717) is 35.5 Å². The van der Waals surface area contributed by atoms with Gasteiger partial charge in [-0.2, -0.15) is 13.2 Å². The highest BCUT2D eigenvalue weighted by atomic mass is 19.4. The standard InChI is InChI=1S/C18H20F3N3O3/c1-11(2)27-16-8-7-13(24(25)26)9-12(16)10-23-15-6-4-3-5-14(15)22-17(23)18(19,20)21/h7-9,11H,3-6,10H2,1-2H3. The summed E-state index contributed by atoms with van der Waals surface area (Å²) in [6.45, 7) is 3.39. The molecule has 6 nitrogen and oxygen atoms in total. The Bertz CT molecular complexity index is 860. The number of non-ortho nitro benzene ring substituents is 1. The quantitative estimate of drug-likeness (QED) is 0.562. The van der Waals surface area contributed by atoms with E-state index in [1.165, 1.54) is 18.2 Å². The maximum Gasteiger partial charge on any atom is 0.449 e. The normalized spacial score (nSPS) is 14.3. The van der Waals surface area contributed by atoms with Gasteiger partial charge in [0.05, 0.1) is 23.3 Å². The van der Waals surface area contributed by atoms with Gasteiger partial charge >= 0.3 is 6.18 Å². The number of nitro benzene ring substituents is 1. The zero-order valence-corrected chi connectivity index (χ0v) is 15.0. The number of imidazole rings is 1. The summed E-state index contributed by atoms with van der Waals surface area (Å²) >= 11 is 0. The topological polar surface area (TPSA) is 70.2 Å². The van der Waals surface area contributed by atoms with Crippen molar-refractivity contribution in [2.24, 2.45) is 0 Å². The van der Waals surface area contributed by atoms with Crippen LogP contribution in [0.4, 0.5) is 18.9 Å². The molecule has 0 saturated carbocycles. The summed E-state index contributed by atoms with van der Waals surface area (Å²) in [4.78, 5) is 14.4. The van der Waals surface area contributed by atoms with Crippen molar-refractivity contribution in [2.75, 3.05) is 0 Å². The Kier molecular flexibility index (Phi) is 5.12. The Hall–Kier alpha value is -2.58. The summed E-state index contributed by atoms with van der Waals surface area (Å²) < 4.78 is 47.4. The van der Waals surface area contributed by atoms with Crippen molar-refractivity contribution < 1.29 is 22.8 Å². The van der Waals surface area contributed by atoms with Crippen molar-refractivity contribution in [1.29, 1.82) is 0 Å². The third-order valence-corrected chi connectivity index (χ3v) is 4.43. The molecule has 1 heterocycles. The second kappa shape index (κ2) is 7.21. The molecule has 0 spiro atoms. The van der Waals surface area contributed by atoms with Crippen LogP contribution in [0.2, 0.25) is 0 Å². The van der Waals surface area contributed by atoms with Crippen LogP contribution in [0.25, 0.3) is 0 Å². The fourth-order valence-corrected chi connectivity index (χ4v) is 3.33. The van der Waals surface area contributed by atoms with Gasteiger partial charge in [0.25, 0.3) is 5.69 Å². The summed E-state index contributed by atoms with van der Waals surface area (Å²) in [6.07, 6.45) is -2.20. The maximum absolute atomic E-state index is 13.5. The fraction of sp³-hybridized carbons (Fsp3) is 0.500. The fourth-order valence-electron chi connectivity index (χ4n) is 3.33. The van der Waals surface area contributed by atoms with Crippen LogP contribution in [0.1, 0.15) is 49.5 Å². The van der Waals surface area contributed by atoms with E-state index in [2.05, 4.69) is 4.98 Å². The van der Waals surface area contributed by atoms with Gasteiger partial charge in [0, 0.05) is 23.4 Å². The monoisotopic (exact) mass is 383 g/mol. The molecule has 0 aliphatic heterocycles. The zero-order valence-electron chi connectivity index (χ0n) is 15.0. The number of rotatable bonds is 5. The highest BCUT2D eigenvalue weighted by Gasteiger charge is 2.39. The summed E-state index contributed by atoms with van der Waals surface area (Å²) in [5.41, 5.74) is 1.15. The van der Waals surface area contributed by atoms with Crippen molar-refractivity contribution >= 4 is 5.69 Å². The second-order valence-corrected chi connectivity index (χ2v) is 6.84. The number of nitro groups is 1. The van der Waals surface area contributed by atoms with Crippen molar-refractivity contribution in [3.05, 3.63) is 51.1 Å². The van der Waals surface area contributed by atoms with Gasteiger partial charge in [-0.3, -0.25) is 10.1 Å². The van der Waals surface area contributed by atoms with Gasteiger partial charge in [-0.1, -0.05) is 0 Å². The Balaban J connectivity index is 2.10. The molecule has 1 aliphatic rings. The number of aryl methyl sites for hydroxylation is 1. The molecule has 0 bridgehead atoms. The number of halogens is 3. The van der Waals surface area contributed by atoms with Crippen molar-refractivity contribution in [2.45, 2.75) is 58.4 Å². The van der Waals surface area contributed by atoms with Gasteiger partial charge < -0.3 is 9.30 Å². The molecule has 0 amide bonds. The van der Waals surface area contributed by atoms with E-state index in [0.717, 1.165) is 17.4 Å². The molecule has 146 valence electrons. The van der Waals surface area contributed by atoms with E-state index >= 15 is 0 Å². The number of hydrogen-bond donors (Lipinski definition) is 0. The molecule has 0 radical (unpaired) electrons. The van der Waals surface area contributed by atoms with Crippen LogP contribution in [0.15, 0.2) is 18.2 Å². The Morgan fingerprint density at radius 2 is 2.00 bits per heavy atom. The summed E-state index contributed by atoms with van der Waals surface area (Å²) in [6, 6.07) is 3.99. The van der Waals surface area contributed by atoms with E-state index in [9.17, 15) is 23.3 Å². The first-order valence-corrected chi connectivity index (χ1v) is 8.76. The van der Waals surface area contributed by atoms with E-state index in [4.69, 9.17) is 4.74 Å². The largest absolute Gasteiger partial charge is 0.491 e. The van der Waals surface area contributed by atoms with E-state index in [1.807, 2.05) is 0 Å². The molecular weight excluding hydrogens is 363 g/mol. The van der Waals surface area contributed by atoms with Gasteiger partial charge in [-0.25, -0.2) is 4.98 Å². The molecule has 27 heavy (non-hydrogen) atoms. The lowest BCUT2D eigenvalue weighted by atomic mass is 10.0. The second-order valence-electron chi connectivity index (χ2n) is 6.84. The van der Waals surface area contributed by atoms with E-state index in [-0.39, 0.29) is 18.3 Å². The highest BCUT2D eigenvalue weighted by Crippen LogP contribution is 2.35. The minimum atomic E-state index is -4.60. The average Bonchev–Trinajstić information content (AvgIpc) is 2.95. The first kappa shape index (κ1) is 19.2. The lowest BCUT2D eigenvalue weighted by Gasteiger charge is -2.19. The summed E-state index contributed by atoms with van der Waals surface area (Å²) in [5, 5.41) is 11.1. The van der Waals surface area contributed by atoms with E-state index < -0.39 is 16.9 Å². The molecule has 9 heteroatoms. The minimum absolute atomic E-state index is 0.180. The van der Waals surface area contributed by atoms with Crippen LogP contribution in [0, 0.1) is 10.1 Å². The van der Waals surface area contributed by atoms with Crippen LogP contribution in [-0.4, -0.2) is 20.6 Å². The van der Waals surface area contributed by atoms with Gasteiger partial charge in [-0.05, 0) is 45.6 Å². The number of hydrogen-bond acceptors (Lipinski definition) is 4. The maximum atomic E-state index is 13.5. The molecule has 0 fully saturated rings. The number of benzene rings is 1. The zero-order chi connectivity index (χ0) is 19.8. The lowest BCUT2D eigenvalue weighted by molar-refractivity contribution is -0.384. The molecule has 1 aromatic heterocycles. The van der Waals surface area contributed by atoms with Gasteiger partial charge in [0.1, 0.15) is 5.75 Å².